The van der Waals surface area contributed by atoms with Crippen LogP contribution in [0, 0.1) is 0 Å². The minimum Gasteiger partial charge on any atom is -0.370 e. The predicted octanol–water partition coefficient (Wildman–Crippen LogP) is 2.15. The Labute approximate surface area is 137 Å². The second-order valence-electron chi connectivity index (χ2n) is 5.24. The average Bonchev–Trinajstić information content (AvgIpc) is 2.89. The molecular weight excluding hydrogens is 369 g/mol. The van der Waals surface area contributed by atoms with E-state index in [1.54, 1.807) is 0 Å². The van der Waals surface area contributed by atoms with Gasteiger partial charge in [-0.3, -0.25) is 4.99 Å². The van der Waals surface area contributed by atoms with Gasteiger partial charge in [0.05, 0.1) is 6.54 Å². The summed E-state index contributed by atoms with van der Waals surface area (Å²) < 4.78 is 5.17. The Hall–Kier alpha value is -0.860. The number of aliphatic imine (C=N–C) groups is 1. The third-order valence-corrected chi connectivity index (χ3v) is 3.28. The SMILES string of the molecule is CC(C)c1noc(CCN=C(N)N2CCCCC2)n1.I. The summed E-state index contributed by atoms with van der Waals surface area (Å²) >= 11 is 0. The van der Waals surface area contributed by atoms with Gasteiger partial charge in [0.2, 0.25) is 5.89 Å². The maximum atomic E-state index is 5.98. The van der Waals surface area contributed by atoms with E-state index in [-0.39, 0.29) is 24.0 Å². The van der Waals surface area contributed by atoms with Crippen molar-refractivity contribution in [2.75, 3.05) is 19.6 Å². The van der Waals surface area contributed by atoms with Crippen molar-refractivity contribution in [2.45, 2.75) is 45.4 Å². The molecule has 1 fully saturated rings. The van der Waals surface area contributed by atoms with Crippen LogP contribution in [0.3, 0.4) is 0 Å². The van der Waals surface area contributed by atoms with Crippen molar-refractivity contribution in [1.29, 1.82) is 0 Å². The fourth-order valence-corrected chi connectivity index (χ4v) is 2.09. The molecule has 1 saturated heterocycles. The number of nitrogens with zero attached hydrogens (tertiary/aromatic N) is 4. The molecule has 0 amide bonds. The third-order valence-electron chi connectivity index (χ3n) is 3.28. The van der Waals surface area contributed by atoms with Crippen LogP contribution in [0.15, 0.2) is 9.52 Å². The molecule has 6 nitrogen and oxygen atoms in total. The minimum absolute atomic E-state index is 0. The molecule has 2 rings (SSSR count). The van der Waals surface area contributed by atoms with Gasteiger partial charge in [-0.25, -0.2) is 0 Å². The monoisotopic (exact) mass is 393 g/mol. The fourth-order valence-electron chi connectivity index (χ4n) is 2.09. The van der Waals surface area contributed by atoms with Crippen LogP contribution in [0.5, 0.6) is 0 Å². The molecule has 0 unspecified atom stereocenters. The van der Waals surface area contributed by atoms with Crippen LogP contribution in [-0.2, 0) is 6.42 Å². The molecule has 2 N–H and O–H groups in total. The van der Waals surface area contributed by atoms with E-state index in [1.807, 2.05) is 13.8 Å². The lowest BCUT2D eigenvalue weighted by molar-refractivity contribution is 0.337. The van der Waals surface area contributed by atoms with Crippen molar-refractivity contribution in [3.05, 3.63) is 11.7 Å². The van der Waals surface area contributed by atoms with Gasteiger partial charge < -0.3 is 15.2 Å². The van der Waals surface area contributed by atoms with Gasteiger partial charge in [-0.2, -0.15) is 4.98 Å². The Morgan fingerprint density at radius 3 is 2.65 bits per heavy atom. The van der Waals surface area contributed by atoms with Crippen LogP contribution in [0.1, 0.15) is 50.7 Å². The van der Waals surface area contributed by atoms with Gasteiger partial charge in [-0.05, 0) is 19.3 Å². The summed E-state index contributed by atoms with van der Waals surface area (Å²) in [5.74, 6) is 2.32. The van der Waals surface area contributed by atoms with Crippen LogP contribution < -0.4 is 5.73 Å². The van der Waals surface area contributed by atoms with E-state index in [0.717, 1.165) is 18.9 Å². The number of aromatic nitrogens is 2. The number of rotatable bonds is 4. The lowest BCUT2D eigenvalue weighted by atomic mass is 10.1. The highest BCUT2D eigenvalue weighted by Crippen LogP contribution is 2.10. The molecule has 0 spiro atoms. The van der Waals surface area contributed by atoms with Gasteiger partial charge in [-0.1, -0.05) is 19.0 Å². The van der Waals surface area contributed by atoms with Crippen molar-refractivity contribution in [2.24, 2.45) is 10.7 Å². The number of halogens is 1. The summed E-state index contributed by atoms with van der Waals surface area (Å²) in [6, 6.07) is 0. The largest absolute Gasteiger partial charge is 0.370 e. The number of likely N-dealkylation sites (tertiary alicyclic amines) is 1. The zero-order valence-corrected chi connectivity index (χ0v) is 14.5. The van der Waals surface area contributed by atoms with E-state index in [2.05, 4.69) is 20.0 Å². The Kier molecular flexibility index (Phi) is 7.25. The van der Waals surface area contributed by atoms with Gasteiger partial charge in [-0.15, -0.1) is 24.0 Å². The highest BCUT2D eigenvalue weighted by atomic mass is 127. The maximum Gasteiger partial charge on any atom is 0.228 e. The molecule has 2 heterocycles. The molecule has 7 heteroatoms. The first-order valence-corrected chi connectivity index (χ1v) is 7.04. The molecule has 0 saturated carbocycles. The molecule has 1 aliphatic heterocycles. The molecule has 0 aromatic carbocycles. The average molecular weight is 393 g/mol. The highest BCUT2D eigenvalue weighted by Gasteiger charge is 2.12. The first-order chi connectivity index (χ1) is 9.16. The van der Waals surface area contributed by atoms with Crippen LogP contribution >= 0.6 is 24.0 Å². The Balaban J connectivity index is 0.00000200. The van der Waals surface area contributed by atoms with E-state index < -0.39 is 0 Å². The number of hydrogen-bond acceptors (Lipinski definition) is 4. The van der Waals surface area contributed by atoms with E-state index in [1.165, 1.54) is 19.3 Å². The molecular formula is C13H24IN5O. The molecule has 20 heavy (non-hydrogen) atoms. The van der Waals surface area contributed by atoms with E-state index in [0.29, 0.717) is 30.7 Å². The molecule has 0 radical (unpaired) electrons. The zero-order chi connectivity index (χ0) is 13.7. The first kappa shape index (κ1) is 17.2. The van der Waals surface area contributed by atoms with Crippen molar-refractivity contribution in [3.8, 4) is 0 Å². The quantitative estimate of drug-likeness (QED) is 0.482. The lowest BCUT2D eigenvalue weighted by Crippen LogP contribution is -2.41. The molecule has 0 aliphatic carbocycles. The number of nitrogens with two attached hydrogens (primary N) is 1. The second kappa shape index (κ2) is 8.43. The molecule has 1 aromatic heterocycles. The van der Waals surface area contributed by atoms with Crippen molar-refractivity contribution in [1.82, 2.24) is 15.0 Å². The number of piperidine rings is 1. The highest BCUT2D eigenvalue weighted by molar-refractivity contribution is 14.0. The molecule has 0 atom stereocenters. The molecule has 114 valence electrons. The van der Waals surface area contributed by atoms with E-state index in [9.17, 15) is 0 Å². The first-order valence-electron chi connectivity index (χ1n) is 7.04. The van der Waals surface area contributed by atoms with Crippen molar-refractivity contribution < 1.29 is 4.52 Å². The predicted molar refractivity (Wildman–Crippen MR) is 89.4 cm³/mol. The summed E-state index contributed by atoms with van der Waals surface area (Å²) in [5.41, 5.74) is 5.98. The zero-order valence-electron chi connectivity index (χ0n) is 12.2. The van der Waals surface area contributed by atoms with Crippen LogP contribution in [0.4, 0.5) is 0 Å². The van der Waals surface area contributed by atoms with Crippen LogP contribution in [-0.4, -0.2) is 40.6 Å². The van der Waals surface area contributed by atoms with Crippen molar-refractivity contribution >= 4 is 29.9 Å². The second-order valence-corrected chi connectivity index (χ2v) is 5.24. The molecule has 0 bridgehead atoms. The molecule has 1 aliphatic rings. The standard InChI is InChI=1S/C13H23N5O.HI/c1-10(2)12-16-11(19-17-12)6-7-15-13(14)18-8-4-3-5-9-18;/h10H,3-9H2,1-2H3,(H2,14,15);1H. The summed E-state index contributed by atoms with van der Waals surface area (Å²) in [6.45, 7) is 6.73. The normalized spacial score (nSPS) is 16.4. The van der Waals surface area contributed by atoms with Gasteiger partial charge >= 0.3 is 0 Å². The summed E-state index contributed by atoms with van der Waals surface area (Å²) in [7, 11) is 0. The van der Waals surface area contributed by atoms with Gasteiger partial charge in [0.15, 0.2) is 11.8 Å². The van der Waals surface area contributed by atoms with Crippen LogP contribution in [0.25, 0.3) is 0 Å². The van der Waals surface area contributed by atoms with Gasteiger partial charge in [0, 0.05) is 25.4 Å². The topological polar surface area (TPSA) is 80.5 Å². The third kappa shape index (κ3) is 4.92. The Morgan fingerprint density at radius 1 is 1.35 bits per heavy atom. The smallest absolute Gasteiger partial charge is 0.228 e. The van der Waals surface area contributed by atoms with Crippen LogP contribution in [0.2, 0.25) is 0 Å². The maximum absolute atomic E-state index is 5.98. The minimum atomic E-state index is 0. The van der Waals surface area contributed by atoms with E-state index in [4.69, 9.17) is 10.3 Å². The fraction of sp³-hybridized carbons (Fsp3) is 0.769. The van der Waals surface area contributed by atoms with Gasteiger partial charge in [0.25, 0.3) is 0 Å². The van der Waals surface area contributed by atoms with Gasteiger partial charge in [0.1, 0.15) is 0 Å². The summed E-state index contributed by atoms with van der Waals surface area (Å²) in [5, 5.41) is 3.93. The number of guanidine groups is 1. The molecule has 1 aromatic rings. The van der Waals surface area contributed by atoms with Crippen molar-refractivity contribution in [3.63, 3.8) is 0 Å². The Morgan fingerprint density at radius 2 is 2.05 bits per heavy atom. The Bertz CT molecular complexity index is 426. The number of hydrogen-bond donors (Lipinski definition) is 1. The van der Waals surface area contributed by atoms with E-state index >= 15 is 0 Å². The summed E-state index contributed by atoms with van der Waals surface area (Å²) in [6.07, 6.45) is 4.35. The summed E-state index contributed by atoms with van der Waals surface area (Å²) in [4.78, 5) is 10.9. The lowest BCUT2D eigenvalue weighted by Gasteiger charge is -2.27.